The van der Waals surface area contributed by atoms with Gasteiger partial charge in [0, 0.05) is 13.0 Å². The number of anilines is 1. The van der Waals surface area contributed by atoms with Crippen LogP contribution in [0.3, 0.4) is 0 Å². The van der Waals surface area contributed by atoms with Crippen LogP contribution in [0.1, 0.15) is 54.5 Å². The third-order valence-corrected chi connectivity index (χ3v) is 6.41. The highest BCUT2D eigenvalue weighted by atomic mass is 32.2. The molecule has 1 atom stereocenters. The number of nitrogens with zero attached hydrogens (tertiary/aromatic N) is 1. The molecule has 6 heteroatoms. The van der Waals surface area contributed by atoms with Gasteiger partial charge in [0.1, 0.15) is 0 Å². The lowest BCUT2D eigenvalue weighted by Crippen LogP contribution is -2.33. The van der Waals surface area contributed by atoms with Crippen molar-refractivity contribution in [2.45, 2.75) is 53.0 Å². The van der Waals surface area contributed by atoms with Crippen molar-refractivity contribution in [1.29, 1.82) is 0 Å². The second-order valence-electron chi connectivity index (χ2n) is 7.60. The van der Waals surface area contributed by atoms with E-state index < -0.39 is 10.0 Å². The molecule has 2 aromatic rings. The van der Waals surface area contributed by atoms with Gasteiger partial charge >= 0.3 is 0 Å². The lowest BCUT2D eigenvalue weighted by atomic mass is 10.0. The first-order chi connectivity index (χ1) is 13.6. The van der Waals surface area contributed by atoms with E-state index in [1.54, 1.807) is 0 Å². The van der Waals surface area contributed by atoms with Gasteiger partial charge in [-0.1, -0.05) is 48.9 Å². The zero-order valence-electron chi connectivity index (χ0n) is 18.0. The van der Waals surface area contributed by atoms with Crippen LogP contribution in [-0.4, -0.2) is 27.1 Å². The summed E-state index contributed by atoms with van der Waals surface area (Å²) in [6.45, 7) is 8.23. The Morgan fingerprint density at radius 3 is 2.31 bits per heavy atom. The highest BCUT2D eigenvalue weighted by Gasteiger charge is 2.20. The monoisotopic (exact) mass is 416 g/mol. The molecule has 5 nitrogen and oxygen atoms in total. The Labute approximate surface area is 175 Å². The number of carbonyl (C=O) groups excluding carboxylic acids is 1. The number of nitrogens with one attached hydrogen (secondary N) is 1. The minimum Gasteiger partial charge on any atom is -0.349 e. The highest BCUT2D eigenvalue weighted by molar-refractivity contribution is 7.92. The molecule has 0 aliphatic carbocycles. The minimum atomic E-state index is -3.43. The number of carbonyl (C=O) groups is 1. The number of sulfonamides is 1. The summed E-state index contributed by atoms with van der Waals surface area (Å²) in [5.41, 5.74) is 4.92. The average Bonchev–Trinajstić information content (AvgIpc) is 2.66. The van der Waals surface area contributed by atoms with Crippen LogP contribution < -0.4 is 9.62 Å². The van der Waals surface area contributed by atoms with Gasteiger partial charge in [-0.05, 0) is 56.4 Å². The molecular formula is C23H32N2O3S. The fourth-order valence-corrected chi connectivity index (χ4v) is 4.36. The van der Waals surface area contributed by atoms with Crippen LogP contribution in [0.15, 0.2) is 42.5 Å². The van der Waals surface area contributed by atoms with E-state index in [-0.39, 0.29) is 24.9 Å². The number of benzene rings is 2. The summed E-state index contributed by atoms with van der Waals surface area (Å²) in [6, 6.07) is 13.8. The maximum absolute atomic E-state index is 12.5. The number of amides is 1. The summed E-state index contributed by atoms with van der Waals surface area (Å²) < 4.78 is 26.1. The highest BCUT2D eigenvalue weighted by Crippen LogP contribution is 2.25. The molecule has 1 amide bonds. The molecule has 0 bridgehead atoms. The molecule has 0 aliphatic heterocycles. The van der Waals surface area contributed by atoms with Crippen LogP contribution >= 0.6 is 0 Å². The largest absolute Gasteiger partial charge is 0.349 e. The topological polar surface area (TPSA) is 66.5 Å². The first-order valence-electron chi connectivity index (χ1n) is 10.0. The Kier molecular flexibility index (Phi) is 7.85. The van der Waals surface area contributed by atoms with Gasteiger partial charge in [0.05, 0.1) is 18.0 Å². The molecule has 2 rings (SSSR count). The third-order valence-electron chi connectivity index (χ3n) is 5.23. The molecule has 0 fully saturated rings. The second kappa shape index (κ2) is 9.92. The molecule has 158 valence electrons. The summed E-state index contributed by atoms with van der Waals surface area (Å²) in [6.07, 6.45) is 2.74. The molecule has 0 heterocycles. The van der Waals surface area contributed by atoms with E-state index in [2.05, 4.69) is 5.32 Å². The van der Waals surface area contributed by atoms with Gasteiger partial charge < -0.3 is 5.32 Å². The molecule has 0 saturated heterocycles. The van der Waals surface area contributed by atoms with E-state index in [1.807, 2.05) is 70.2 Å². The molecule has 1 unspecified atom stereocenters. The van der Waals surface area contributed by atoms with E-state index >= 15 is 0 Å². The van der Waals surface area contributed by atoms with Crippen molar-refractivity contribution in [2.24, 2.45) is 0 Å². The molecule has 1 N–H and O–H groups in total. The van der Waals surface area contributed by atoms with Crippen LogP contribution in [0, 0.1) is 20.8 Å². The summed E-state index contributed by atoms with van der Waals surface area (Å²) >= 11 is 0. The van der Waals surface area contributed by atoms with E-state index in [1.165, 1.54) is 16.1 Å². The van der Waals surface area contributed by atoms with Crippen molar-refractivity contribution in [3.63, 3.8) is 0 Å². The minimum absolute atomic E-state index is 0.0341. The SMILES string of the molecule is CCC(NC(=O)CCCN(c1cccc(C)c1C)S(C)(=O)=O)c1ccc(C)cc1. The lowest BCUT2D eigenvalue weighted by Gasteiger charge is -2.25. The molecule has 0 spiro atoms. The van der Waals surface area contributed by atoms with Crippen molar-refractivity contribution < 1.29 is 13.2 Å². The predicted molar refractivity (Wildman–Crippen MR) is 120 cm³/mol. The van der Waals surface area contributed by atoms with Gasteiger partial charge in [0.25, 0.3) is 0 Å². The maximum atomic E-state index is 12.5. The Balaban J connectivity index is 2.01. The Bertz CT molecular complexity index is 937. The van der Waals surface area contributed by atoms with E-state index in [0.717, 1.165) is 23.1 Å². The normalized spacial score (nSPS) is 12.4. The molecule has 0 aliphatic rings. The van der Waals surface area contributed by atoms with E-state index in [9.17, 15) is 13.2 Å². The molecular weight excluding hydrogens is 384 g/mol. The number of aryl methyl sites for hydroxylation is 2. The van der Waals surface area contributed by atoms with Crippen LogP contribution in [0.4, 0.5) is 5.69 Å². The van der Waals surface area contributed by atoms with Gasteiger partial charge in [-0.2, -0.15) is 0 Å². The van der Waals surface area contributed by atoms with Gasteiger partial charge in [-0.15, -0.1) is 0 Å². The average molecular weight is 417 g/mol. The number of hydrogen-bond acceptors (Lipinski definition) is 3. The standard InChI is InChI=1S/C23H32N2O3S/c1-6-21(20-14-12-17(2)13-15-20)24-23(26)11-8-16-25(29(5,27)28)22-10-7-9-18(3)19(22)4/h7,9-10,12-15,21H,6,8,11,16H2,1-5H3,(H,24,26). The van der Waals surface area contributed by atoms with Crippen molar-refractivity contribution in [3.05, 3.63) is 64.7 Å². The number of rotatable bonds is 9. The Hall–Kier alpha value is -2.34. The van der Waals surface area contributed by atoms with E-state index in [4.69, 9.17) is 0 Å². The summed E-state index contributed by atoms with van der Waals surface area (Å²) in [7, 11) is -3.43. The molecule has 29 heavy (non-hydrogen) atoms. The zero-order chi connectivity index (χ0) is 21.6. The first kappa shape index (κ1) is 22.9. The van der Waals surface area contributed by atoms with E-state index in [0.29, 0.717) is 12.1 Å². The molecule has 0 saturated carbocycles. The van der Waals surface area contributed by atoms with Crippen molar-refractivity contribution >= 4 is 21.6 Å². The lowest BCUT2D eigenvalue weighted by molar-refractivity contribution is -0.121. The first-order valence-corrected chi connectivity index (χ1v) is 11.9. The second-order valence-corrected chi connectivity index (χ2v) is 9.50. The Morgan fingerprint density at radius 2 is 1.72 bits per heavy atom. The molecule has 0 radical (unpaired) electrons. The molecule has 0 aromatic heterocycles. The fraction of sp³-hybridized carbons (Fsp3) is 0.435. The van der Waals surface area contributed by atoms with Crippen molar-refractivity contribution in [3.8, 4) is 0 Å². The van der Waals surface area contributed by atoms with Crippen LogP contribution in [0.25, 0.3) is 0 Å². The van der Waals surface area contributed by atoms with Gasteiger partial charge in [-0.25, -0.2) is 8.42 Å². The van der Waals surface area contributed by atoms with Crippen molar-refractivity contribution in [2.75, 3.05) is 17.1 Å². The molecule has 2 aromatic carbocycles. The van der Waals surface area contributed by atoms with Gasteiger partial charge in [-0.3, -0.25) is 9.10 Å². The fourth-order valence-electron chi connectivity index (χ4n) is 3.34. The summed E-state index contributed by atoms with van der Waals surface area (Å²) in [4.78, 5) is 12.5. The maximum Gasteiger partial charge on any atom is 0.232 e. The quantitative estimate of drug-likeness (QED) is 0.658. The zero-order valence-corrected chi connectivity index (χ0v) is 18.8. The van der Waals surface area contributed by atoms with Gasteiger partial charge in [0.15, 0.2) is 0 Å². The van der Waals surface area contributed by atoms with Gasteiger partial charge in [0.2, 0.25) is 15.9 Å². The van der Waals surface area contributed by atoms with Crippen molar-refractivity contribution in [1.82, 2.24) is 5.32 Å². The Morgan fingerprint density at radius 1 is 1.07 bits per heavy atom. The third kappa shape index (κ3) is 6.32. The smallest absolute Gasteiger partial charge is 0.232 e. The summed E-state index contributed by atoms with van der Waals surface area (Å²) in [5, 5.41) is 3.07. The number of hydrogen-bond donors (Lipinski definition) is 1. The summed E-state index contributed by atoms with van der Waals surface area (Å²) in [5.74, 6) is -0.0631. The van der Waals surface area contributed by atoms with Crippen LogP contribution in [0.2, 0.25) is 0 Å². The van der Waals surface area contributed by atoms with Crippen LogP contribution in [-0.2, 0) is 14.8 Å². The predicted octanol–water partition coefficient (Wildman–Crippen LogP) is 4.43. The van der Waals surface area contributed by atoms with Crippen LogP contribution in [0.5, 0.6) is 0 Å².